The van der Waals surface area contributed by atoms with Crippen molar-refractivity contribution in [2.45, 2.75) is 26.8 Å². The molecule has 0 radical (unpaired) electrons. The van der Waals surface area contributed by atoms with E-state index in [4.69, 9.17) is 4.74 Å². The van der Waals surface area contributed by atoms with E-state index in [1.807, 2.05) is 0 Å². The minimum atomic E-state index is -0.330. The van der Waals surface area contributed by atoms with E-state index in [0.717, 1.165) is 6.42 Å². The summed E-state index contributed by atoms with van der Waals surface area (Å²) in [4.78, 5) is 25.0. The van der Waals surface area contributed by atoms with Gasteiger partial charge in [-0.1, -0.05) is 13.8 Å². The van der Waals surface area contributed by atoms with Gasteiger partial charge < -0.3 is 4.74 Å². The maximum atomic E-state index is 12.7. The predicted octanol–water partition coefficient (Wildman–Crippen LogP) is 1.70. The molecule has 1 aromatic carbocycles. The van der Waals surface area contributed by atoms with E-state index in [1.165, 1.54) is 13.6 Å². The van der Waals surface area contributed by atoms with Gasteiger partial charge in [-0.2, -0.15) is 0 Å². The van der Waals surface area contributed by atoms with Crippen LogP contribution in [0.5, 0.6) is 5.75 Å². The Bertz CT molecular complexity index is 964. The topological polar surface area (TPSA) is 70.5 Å². The summed E-state index contributed by atoms with van der Waals surface area (Å²) in [6.45, 7) is 4.66. The van der Waals surface area contributed by atoms with E-state index in [2.05, 4.69) is 18.9 Å². The van der Waals surface area contributed by atoms with Gasteiger partial charge in [-0.25, -0.2) is 13.9 Å². The number of aromatic nitrogens is 4. The fraction of sp³-hybridized carbons (Fsp3) is 0.353. The lowest BCUT2D eigenvalue weighted by atomic mass is 10.1. The van der Waals surface area contributed by atoms with Crippen LogP contribution in [0.1, 0.15) is 20.3 Å². The largest absolute Gasteiger partial charge is 0.497 e. The van der Waals surface area contributed by atoms with Crippen LogP contribution in [0.4, 0.5) is 0 Å². The van der Waals surface area contributed by atoms with E-state index in [-0.39, 0.29) is 16.9 Å². The maximum Gasteiger partial charge on any atom is 0.350 e. The average Bonchev–Trinajstić information content (AvgIpc) is 2.91. The highest BCUT2D eigenvalue weighted by Crippen LogP contribution is 2.13. The first-order chi connectivity index (χ1) is 11.5. The molecule has 0 spiro atoms. The van der Waals surface area contributed by atoms with Crippen molar-refractivity contribution >= 4 is 5.65 Å². The highest BCUT2D eigenvalue weighted by atomic mass is 16.5. The molecule has 2 heterocycles. The molecular weight excluding hydrogens is 308 g/mol. The van der Waals surface area contributed by atoms with Crippen molar-refractivity contribution in [3.05, 3.63) is 57.5 Å². The zero-order valence-electron chi connectivity index (χ0n) is 14.0. The molecule has 24 heavy (non-hydrogen) atoms. The summed E-state index contributed by atoms with van der Waals surface area (Å²) < 4.78 is 9.24. The third kappa shape index (κ3) is 2.84. The number of nitrogens with zero attached hydrogens (tertiary/aromatic N) is 4. The van der Waals surface area contributed by atoms with Gasteiger partial charge in [-0.05, 0) is 36.6 Å². The monoisotopic (exact) mass is 328 g/mol. The molecule has 0 bridgehead atoms. The Balaban J connectivity index is 2.07. The quantitative estimate of drug-likeness (QED) is 0.715. The van der Waals surface area contributed by atoms with Crippen LogP contribution in [0.3, 0.4) is 0 Å². The molecule has 0 N–H and O–H groups in total. The number of ether oxygens (including phenoxy) is 1. The van der Waals surface area contributed by atoms with Crippen molar-refractivity contribution in [3.63, 3.8) is 0 Å². The average molecular weight is 328 g/mol. The third-order valence-corrected chi connectivity index (χ3v) is 3.91. The summed E-state index contributed by atoms with van der Waals surface area (Å²) in [7, 11) is 1.59. The Morgan fingerprint density at radius 3 is 2.46 bits per heavy atom. The Morgan fingerprint density at radius 2 is 1.83 bits per heavy atom. The highest BCUT2D eigenvalue weighted by molar-refractivity contribution is 5.42. The van der Waals surface area contributed by atoms with E-state index in [0.29, 0.717) is 23.9 Å². The molecule has 2 aromatic heterocycles. The van der Waals surface area contributed by atoms with Gasteiger partial charge in [0.2, 0.25) is 5.65 Å². The van der Waals surface area contributed by atoms with E-state index in [9.17, 15) is 9.59 Å². The summed E-state index contributed by atoms with van der Waals surface area (Å²) in [6.07, 6.45) is 3.98. The van der Waals surface area contributed by atoms with Crippen LogP contribution in [-0.2, 0) is 6.54 Å². The van der Waals surface area contributed by atoms with Crippen molar-refractivity contribution in [1.29, 1.82) is 0 Å². The van der Waals surface area contributed by atoms with Crippen LogP contribution in [0.15, 0.2) is 46.2 Å². The molecule has 0 aliphatic rings. The molecule has 0 saturated carbocycles. The van der Waals surface area contributed by atoms with Crippen molar-refractivity contribution in [2.24, 2.45) is 5.92 Å². The second-order valence-electron chi connectivity index (χ2n) is 6.05. The predicted molar refractivity (Wildman–Crippen MR) is 91.1 cm³/mol. The van der Waals surface area contributed by atoms with Gasteiger partial charge in [-0.15, -0.1) is 5.10 Å². The van der Waals surface area contributed by atoms with Crippen LogP contribution in [-0.4, -0.2) is 25.9 Å². The molecule has 0 fully saturated rings. The Morgan fingerprint density at radius 1 is 1.12 bits per heavy atom. The second-order valence-corrected chi connectivity index (χ2v) is 6.05. The maximum absolute atomic E-state index is 12.7. The number of benzene rings is 1. The van der Waals surface area contributed by atoms with Crippen LogP contribution < -0.4 is 16.0 Å². The van der Waals surface area contributed by atoms with Crippen molar-refractivity contribution < 1.29 is 4.74 Å². The summed E-state index contributed by atoms with van der Waals surface area (Å²) in [5.41, 5.74) is 0.197. The zero-order valence-corrected chi connectivity index (χ0v) is 14.0. The van der Waals surface area contributed by atoms with Crippen molar-refractivity contribution in [2.75, 3.05) is 7.11 Å². The van der Waals surface area contributed by atoms with E-state index >= 15 is 0 Å². The number of fused-ring (bicyclic) bond motifs is 1. The van der Waals surface area contributed by atoms with Crippen LogP contribution in [0.25, 0.3) is 11.3 Å². The molecule has 3 aromatic rings. The molecule has 0 aliphatic carbocycles. The van der Waals surface area contributed by atoms with Crippen molar-refractivity contribution in [1.82, 2.24) is 18.7 Å². The first-order valence-electron chi connectivity index (χ1n) is 7.86. The summed E-state index contributed by atoms with van der Waals surface area (Å²) in [5, 5.41) is 4.21. The summed E-state index contributed by atoms with van der Waals surface area (Å²) in [6, 6.07) is 7.12. The molecule has 7 nitrogen and oxygen atoms in total. The lowest BCUT2D eigenvalue weighted by molar-refractivity contribution is 0.414. The fourth-order valence-corrected chi connectivity index (χ4v) is 2.48. The highest BCUT2D eigenvalue weighted by Gasteiger charge is 2.13. The second kappa shape index (κ2) is 6.35. The summed E-state index contributed by atoms with van der Waals surface area (Å²) >= 11 is 0. The Kier molecular flexibility index (Phi) is 4.24. The smallest absolute Gasteiger partial charge is 0.350 e. The number of aryl methyl sites for hydroxylation is 1. The van der Waals surface area contributed by atoms with Crippen molar-refractivity contribution in [3.8, 4) is 11.4 Å². The third-order valence-electron chi connectivity index (χ3n) is 3.91. The van der Waals surface area contributed by atoms with Gasteiger partial charge in [-0.3, -0.25) is 9.36 Å². The molecule has 7 heteroatoms. The number of rotatable bonds is 5. The standard InChI is InChI=1S/C17H20N4O3/c1-12(2)8-9-21-17(23)20-11-10-19(16(22)15(20)18-21)13-4-6-14(24-3)7-5-13/h4-7,10-12H,8-9H2,1-3H3. The molecule has 0 amide bonds. The number of hydrogen-bond acceptors (Lipinski definition) is 4. The number of methoxy groups -OCH3 is 1. The van der Waals surface area contributed by atoms with Gasteiger partial charge in [0.15, 0.2) is 0 Å². The van der Waals surface area contributed by atoms with E-state index < -0.39 is 0 Å². The van der Waals surface area contributed by atoms with Gasteiger partial charge in [0.25, 0.3) is 0 Å². The molecular formula is C17H20N4O3. The first-order valence-corrected chi connectivity index (χ1v) is 7.86. The zero-order chi connectivity index (χ0) is 17.3. The Labute approximate surface area is 138 Å². The van der Waals surface area contributed by atoms with Crippen LogP contribution in [0.2, 0.25) is 0 Å². The normalized spacial score (nSPS) is 11.3. The van der Waals surface area contributed by atoms with Crippen LogP contribution in [0, 0.1) is 5.92 Å². The lowest BCUT2D eigenvalue weighted by Crippen LogP contribution is -2.24. The van der Waals surface area contributed by atoms with Gasteiger partial charge >= 0.3 is 11.2 Å². The summed E-state index contributed by atoms with van der Waals surface area (Å²) in [5.74, 6) is 1.17. The SMILES string of the molecule is COc1ccc(-n2ccn3c(=O)n(CCC(C)C)nc3c2=O)cc1. The molecule has 0 atom stereocenters. The van der Waals surface area contributed by atoms with Crippen LogP contribution >= 0.6 is 0 Å². The minimum absolute atomic E-state index is 0.127. The lowest BCUT2D eigenvalue weighted by Gasteiger charge is -2.06. The molecule has 126 valence electrons. The molecule has 0 saturated heterocycles. The Hall–Kier alpha value is -2.83. The molecule has 3 rings (SSSR count). The first kappa shape index (κ1) is 16.0. The van der Waals surface area contributed by atoms with Gasteiger partial charge in [0, 0.05) is 24.6 Å². The number of hydrogen-bond donors (Lipinski definition) is 0. The van der Waals surface area contributed by atoms with Gasteiger partial charge in [0.05, 0.1) is 7.11 Å². The fourth-order valence-electron chi connectivity index (χ4n) is 2.48. The molecule has 0 unspecified atom stereocenters. The minimum Gasteiger partial charge on any atom is -0.497 e. The van der Waals surface area contributed by atoms with Gasteiger partial charge in [0.1, 0.15) is 5.75 Å². The molecule has 0 aliphatic heterocycles. The van der Waals surface area contributed by atoms with E-state index in [1.54, 1.807) is 43.8 Å².